The van der Waals surface area contributed by atoms with Gasteiger partial charge in [-0.2, -0.15) is 0 Å². The van der Waals surface area contributed by atoms with Crippen LogP contribution in [-0.4, -0.2) is 124 Å². The zero-order chi connectivity index (χ0) is 28.0. The van der Waals surface area contributed by atoms with E-state index in [2.05, 4.69) is 15.5 Å². The summed E-state index contributed by atoms with van der Waals surface area (Å²) < 4.78 is 5.80. The van der Waals surface area contributed by atoms with Crippen LogP contribution in [0.1, 0.15) is 31.2 Å². The highest BCUT2D eigenvalue weighted by Gasteiger charge is 2.47. The highest BCUT2D eigenvalue weighted by Crippen LogP contribution is 2.33. The summed E-state index contributed by atoms with van der Waals surface area (Å²) in [7, 11) is 0. The monoisotopic (exact) mass is 555 g/mol. The molecule has 4 saturated heterocycles. The fraction of sp³-hybridized carbons (Fsp3) is 0.643. The average Bonchev–Trinajstić information content (AvgIpc) is 3.69. The second-order valence-electron chi connectivity index (χ2n) is 11.7. The minimum absolute atomic E-state index is 0.0646. The summed E-state index contributed by atoms with van der Waals surface area (Å²) >= 11 is 0. The standard InChI is InChI=1S/C28H37N5O7/c34-23-11-21-24(35)25(36)22(40-21)12-29-26(37)20-15-31(8-9-33(20)27(38)17-6-7-17)28(39)19-10-18(30-23)14-32(19)13-16-4-2-1-3-5-16/h1-5,17-22,24-25,35-36H,6-15H2,(H,29,37)(H,30,34)/t18-,19-,20-,21-,22+,24-,25+/m0/s1. The molecule has 0 spiro atoms. The van der Waals surface area contributed by atoms with Crippen molar-refractivity contribution in [1.82, 2.24) is 25.3 Å². The van der Waals surface area contributed by atoms with Crippen LogP contribution < -0.4 is 10.6 Å². The lowest BCUT2D eigenvalue weighted by atomic mass is 10.0. The highest BCUT2D eigenvalue weighted by molar-refractivity contribution is 5.91. The predicted octanol–water partition coefficient (Wildman–Crippen LogP) is -1.80. The first-order chi connectivity index (χ1) is 19.3. The number of carbonyl (C=O) groups is 4. The highest BCUT2D eigenvalue weighted by atomic mass is 16.5. The number of benzene rings is 1. The first-order valence-electron chi connectivity index (χ1n) is 14.2. The molecule has 40 heavy (non-hydrogen) atoms. The lowest BCUT2D eigenvalue weighted by Crippen LogP contribution is -2.63. The lowest BCUT2D eigenvalue weighted by molar-refractivity contribution is -0.151. The quantitative estimate of drug-likeness (QED) is 0.341. The van der Waals surface area contributed by atoms with Crippen molar-refractivity contribution in [3.63, 3.8) is 0 Å². The minimum atomic E-state index is -1.28. The molecule has 216 valence electrons. The third-order valence-corrected chi connectivity index (χ3v) is 8.81. The predicted molar refractivity (Wildman–Crippen MR) is 140 cm³/mol. The smallest absolute Gasteiger partial charge is 0.244 e. The van der Waals surface area contributed by atoms with Gasteiger partial charge in [0.25, 0.3) is 0 Å². The molecule has 0 aromatic heterocycles. The molecule has 1 aromatic rings. The number of carbonyl (C=O) groups excluding carboxylic acids is 4. The minimum Gasteiger partial charge on any atom is -0.388 e. The molecular formula is C28H37N5O7. The second-order valence-corrected chi connectivity index (χ2v) is 11.7. The van der Waals surface area contributed by atoms with Crippen LogP contribution in [0.15, 0.2) is 30.3 Å². The Morgan fingerprint density at radius 1 is 0.975 bits per heavy atom. The number of fused-ring (bicyclic) bond motifs is 6. The Labute approximate surface area is 232 Å². The van der Waals surface area contributed by atoms with Gasteiger partial charge in [0.2, 0.25) is 23.6 Å². The summed E-state index contributed by atoms with van der Waals surface area (Å²) in [4.78, 5) is 58.7. The second kappa shape index (κ2) is 11.1. The van der Waals surface area contributed by atoms with Gasteiger partial charge < -0.3 is 35.4 Å². The molecular weight excluding hydrogens is 518 g/mol. The van der Waals surface area contributed by atoms with Crippen molar-refractivity contribution in [1.29, 1.82) is 0 Å². The molecule has 1 aromatic carbocycles. The van der Waals surface area contributed by atoms with Crippen molar-refractivity contribution in [2.75, 3.05) is 32.7 Å². The van der Waals surface area contributed by atoms with Gasteiger partial charge in [0.15, 0.2) is 0 Å². The molecule has 0 unspecified atom stereocenters. The molecule has 12 heteroatoms. The van der Waals surface area contributed by atoms with Crippen molar-refractivity contribution in [3.05, 3.63) is 35.9 Å². The number of hydrogen-bond acceptors (Lipinski definition) is 8. The number of rotatable bonds is 3. The van der Waals surface area contributed by atoms with Crippen molar-refractivity contribution in [2.24, 2.45) is 5.92 Å². The summed E-state index contributed by atoms with van der Waals surface area (Å²) in [6.07, 6.45) is -2.55. The van der Waals surface area contributed by atoms with Gasteiger partial charge in [-0.15, -0.1) is 0 Å². The van der Waals surface area contributed by atoms with Crippen LogP contribution in [0.3, 0.4) is 0 Å². The first-order valence-corrected chi connectivity index (χ1v) is 14.2. The zero-order valence-corrected chi connectivity index (χ0v) is 22.4. The molecule has 5 aliphatic rings. The van der Waals surface area contributed by atoms with Gasteiger partial charge in [-0.1, -0.05) is 30.3 Å². The van der Waals surface area contributed by atoms with E-state index in [-0.39, 0.29) is 55.7 Å². The number of amides is 4. The van der Waals surface area contributed by atoms with Crippen molar-refractivity contribution in [3.8, 4) is 0 Å². The van der Waals surface area contributed by atoms with Gasteiger partial charge in [0.05, 0.1) is 25.1 Å². The van der Waals surface area contributed by atoms with Crippen LogP contribution in [0.25, 0.3) is 0 Å². The molecule has 6 rings (SSSR count). The Bertz CT molecular complexity index is 1150. The Balaban J connectivity index is 1.28. The molecule has 4 aliphatic heterocycles. The molecule has 1 saturated carbocycles. The van der Waals surface area contributed by atoms with Crippen LogP contribution in [0.2, 0.25) is 0 Å². The molecule has 12 nitrogen and oxygen atoms in total. The van der Waals surface area contributed by atoms with E-state index in [1.807, 2.05) is 30.3 Å². The molecule has 6 bridgehead atoms. The van der Waals surface area contributed by atoms with Gasteiger partial charge in [-0.05, 0) is 24.8 Å². The number of piperazine rings is 1. The fourth-order valence-electron chi connectivity index (χ4n) is 6.46. The van der Waals surface area contributed by atoms with Crippen LogP contribution in [0.5, 0.6) is 0 Å². The summed E-state index contributed by atoms with van der Waals surface area (Å²) in [5, 5.41) is 26.9. The third-order valence-electron chi connectivity index (χ3n) is 8.81. The van der Waals surface area contributed by atoms with Crippen molar-refractivity contribution in [2.45, 2.75) is 74.8 Å². The van der Waals surface area contributed by atoms with Crippen molar-refractivity contribution >= 4 is 23.6 Å². The van der Waals surface area contributed by atoms with E-state index in [1.54, 1.807) is 9.80 Å². The summed E-state index contributed by atoms with van der Waals surface area (Å²) in [5.74, 6) is -1.03. The average molecular weight is 556 g/mol. The van der Waals surface area contributed by atoms with E-state index in [0.717, 1.165) is 18.4 Å². The van der Waals surface area contributed by atoms with E-state index in [0.29, 0.717) is 26.1 Å². The lowest BCUT2D eigenvalue weighted by Gasteiger charge is -2.42. The van der Waals surface area contributed by atoms with Crippen LogP contribution in [0.4, 0.5) is 0 Å². The molecule has 4 N–H and O–H groups in total. The van der Waals surface area contributed by atoms with Gasteiger partial charge in [0.1, 0.15) is 24.4 Å². The van der Waals surface area contributed by atoms with Crippen LogP contribution in [-0.2, 0) is 30.5 Å². The van der Waals surface area contributed by atoms with Crippen LogP contribution in [0, 0.1) is 5.92 Å². The molecule has 4 heterocycles. The van der Waals surface area contributed by atoms with Gasteiger partial charge in [-0.25, -0.2) is 0 Å². The number of nitrogens with one attached hydrogen (secondary N) is 2. The fourth-order valence-corrected chi connectivity index (χ4v) is 6.46. The van der Waals surface area contributed by atoms with E-state index in [4.69, 9.17) is 4.74 Å². The van der Waals surface area contributed by atoms with Gasteiger partial charge in [-0.3, -0.25) is 24.1 Å². The number of hydrogen-bond donors (Lipinski definition) is 4. The maximum atomic E-state index is 14.0. The maximum absolute atomic E-state index is 14.0. The molecule has 5 fully saturated rings. The first kappa shape index (κ1) is 27.1. The summed E-state index contributed by atoms with van der Waals surface area (Å²) in [6.45, 7) is 1.53. The number of likely N-dealkylation sites (tertiary alicyclic amines) is 1. The molecule has 7 atom stereocenters. The summed E-state index contributed by atoms with van der Waals surface area (Å²) in [6, 6.07) is 8.13. The molecule has 1 aliphatic carbocycles. The molecule has 4 amide bonds. The SMILES string of the molecule is O=C1C[C@@H]2O[C@H](CNC(=O)[C@@H]3CN(CCN3C(=O)C3CC3)C(=O)[C@@H]3C[C@@H](CN3Cc3ccccc3)N1)[C@@H](O)[C@H]2O. The van der Waals surface area contributed by atoms with E-state index in [1.165, 1.54) is 0 Å². The van der Waals surface area contributed by atoms with Gasteiger partial charge in [0, 0.05) is 44.7 Å². The van der Waals surface area contributed by atoms with Crippen molar-refractivity contribution < 1.29 is 34.1 Å². The Hall–Kier alpha value is -3.06. The Kier molecular flexibility index (Phi) is 7.51. The molecule has 0 radical (unpaired) electrons. The number of aliphatic hydroxyl groups is 2. The largest absolute Gasteiger partial charge is 0.388 e. The Morgan fingerprint density at radius 2 is 1.73 bits per heavy atom. The maximum Gasteiger partial charge on any atom is 0.244 e. The number of nitrogens with zero attached hydrogens (tertiary/aromatic N) is 3. The normalized spacial score (nSPS) is 35.5. The van der Waals surface area contributed by atoms with E-state index < -0.39 is 42.4 Å². The van der Waals surface area contributed by atoms with E-state index >= 15 is 0 Å². The number of aliphatic hydroxyl groups excluding tert-OH is 2. The zero-order valence-electron chi connectivity index (χ0n) is 22.4. The number of ether oxygens (including phenoxy) is 1. The van der Waals surface area contributed by atoms with E-state index in [9.17, 15) is 29.4 Å². The summed E-state index contributed by atoms with van der Waals surface area (Å²) in [5.41, 5.74) is 1.04. The topological polar surface area (TPSA) is 152 Å². The third kappa shape index (κ3) is 5.45. The van der Waals surface area contributed by atoms with Crippen LogP contribution >= 0.6 is 0 Å². The Morgan fingerprint density at radius 3 is 2.48 bits per heavy atom. The van der Waals surface area contributed by atoms with Gasteiger partial charge >= 0.3 is 0 Å².